The molecule has 88 valence electrons. The molecule has 2 atom stereocenters. The molecule has 3 nitrogen and oxygen atoms in total. The average molecular weight is 220 g/mol. The van der Waals surface area contributed by atoms with E-state index in [-0.39, 0.29) is 0 Å². The van der Waals surface area contributed by atoms with Gasteiger partial charge in [-0.2, -0.15) is 0 Å². The lowest BCUT2D eigenvalue weighted by atomic mass is 9.88. The molecule has 1 N–H and O–H groups in total. The highest BCUT2D eigenvalue weighted by molar-refractivity contribution is 5.23. The van der Waals surface area contributed by atoms with Gasteiger partial charge < -0.3 is 10.1 Å². The molecule has 2 heterocycles. The molecule has 16 heavy (non-hydrogen) atoms. The molecule has 1 aromatic heterocycles. The molecular weight excluding hydrogens is 200 g/mol. The molecule has 0 amide bonds. The van der Waals surface area contributed by atoms with Gasteiger partial charge in [-0.05, 0) is 38.4 Å². The highest BCUT2D eigenvalue weighted by Gasteiger charge is 2.25. The van der Waals surface area contributed by atoms with E-state index < -0.39 is 0 Å². The fourth-order valence-corrected chi connectivity index (χ4v) is 2.50. The Hall–Kier alpha value is -0.930. The third-order valence-electron chi connectivity index (χ3n) is 3.36. The van der Waals surface area contributed by atoms with Crippen LogP contribution < -0.4 is 5.32 Å². The van der Waals surface area contributed by atoms with Crippen molar-refractivity contribution in [1.82, 2.24) is 10.3 Å². The zero-order chi connectivity index (χ0) is 11.4. The van der Waals surface area contributed by atoms with Crippen molar-refractivity contribution in [3.05, 3.63) is 29.6 Å². The SMILES string of the molecule is CNC(c1cccnc1C)C1CCCOC1. The summed E-state index contributed by atoms with van der Waals surface area (Å²) < 4.78 is 5.57. The minimum atomic E-state index is 0.369. The number of aryl methyl sites for hydroxylation is 1. The third kappa shape index (κ3) is 2.42. The van der Waals surface area contributed by atoms with Gasteiger partial charge in [-0.1, -0.05) is 6.07 Å². The first-order valence-corrected chi connectivity index (χ1v) is 5.99. The number of hydrogen-bond acceptors (Lipinski definition) is 3. The lowest BCUT2D eigenvalue weighted by molar-refractivity contribution is 0.0400. The van der Waals surface area contributed by atoms with Gasteiger partial charge in [-0.3, -0.25) is 4.98 Å². The van der Waals surface area contributed by atoms with Crippen LogP contribution in [-0.2, 0) is 4.74 Å². The maximum atomic E-state index is 5.57. The molecule has 0 radical (unpaired) electrons. The lowest BCUT2D eigenvalue weighted by Crippen LogP contribution is -2.32. The van der Waals surface area contributed by atoms with E-state index in [0.717, 1.165) is 18.9 Å². The number of rotatable bonds is 3. The Kier molecular flexibility index (Phi) is 3.91. The van der Waals surface area contributed by atoms with Gasteiger partial charge in [0.15, 0.2) is 0 Å². The van der Waals surface area contributed by atoms with Crippen LogP contribution in [0.1, 0.15) is 30.1 Å². The fraction of sp³-hybridized carbons (Fsp3) is 0.615. The molecule has 3 heteroatoms. The standard InChI is InChI=1S/C13H20N2O/c1-10-12(6-3-7-15-10)13(14-2)11-5-4-8-16-9-11/h3,6-7,11,13-14H,4-5,8-9H2,1-2H3. The average Bonchev–Trinajstić information content (AvgIpc) is 2.34. The van der Waals surface area contributed by atoms with Crippen LogP contribution in [0.4, 0.5) is 0 Å². The largest absolute Gasteiger partial charge is 0.381 e. The smallest absolute Gasteiger partial charge is 0.0512 e. The van der Waals surface area contributed by atoms with Gasteiger partial charge in [0.05, 0.1) is 6.61 Å². The van der Waals surface area contributed by atoms with Crippen molar-refractivity contribution in [1.29, 1.82) is 0 Å². The summed E-state index contributed by atoms with van der Waals surface area (Å²) in [7, 11) is 2.02. The first kappa shape index (κ1) is 11.6. The fourth-order valence-electron chi connectivity index (χ4n) is 2.50. The number of pyridine rings is 1. The topological polar surface area (TPSA) is 34.2 Å². The molecule has 1 aliphatic heterocycles. The van der Waals surface area contributed by atoms with Crippen molar-refractivity contribution in [3.8, 4) is 0 Å². The molecule has 2 unspecified atom stereocenters. The predicted octanol–water partition coefficient (Wildman–Crippen LogP) is 2.08. The van der Waals surface area contributed by atoms with Gasteiger partial charge in [-0.15, -0.1) is 0 Å². The quantitative estimate of drug-likeness (QED) is 0.847. The summed E-state index contributed by atoms with van der Waals surface area (Å²) in [6.45, 7) is 3.85. The molecule has 0 saturated carbocycles. The summed E-state index contributed by atoms with van der Waals surface area (Å²) in [5.74, 6) is 0.571. The van der Waals surface area contributed by atoms with E-state index in [9.17, 15) is 0 Å². The van der Waals surface area contributed by atoms with Gasteiger partial charge in [-0.25, -0.2) is 0 Å². The molecule has 0 spiro atoms. The van der Waals surface area contributed by atoms with E-state index >= 15 is 0 Å². The van der Waals surface area contributed by atoms with E-state index in [1.165, 1.54) is 18.4 Å². The summed E-state index contributed by atoms with van der Waals surface area (Å²) in [5.41, 5.74) is 2.42. The van der Waals surface area contributed by atoms with E-state index in [4.69, 9.17) is 4.74 Å². The van der Waals surface area contributed by atoms with Gasteiger partial charge >= 0.3 is 0 Å². The maximum Gasteiger partial charge on any atom is 0.0512 e. The maximum absolute atomic E-state index is 5.57. The summed E-state index contributed by atoms with van der Waals surface area (Å²) in [4.78, 5) is 4.36. The molecular formula is C13H20N2O. The first-order valence-electron chi connectivity index (χ1n) is 5.99. The molecule has 1 fully saturated rings. The second-order valence-corrected chi connectivity index (χ2v) is 4.42. The van der Waals surface area contributed by atoms with Crippen molar-refractivity contribution in [3.63, 3.8) is 0 Å². The molecule has 0 aliphatic carbocycles. The summed E-state index contributed by atoms with van der Waals surface area (Å²) >= 11 is 0. The van der Waals surface area contributed by atoms with Crippen LogP contribution in [0.5, 0.6) is 0 Å². The van der Waals surface area contributed by atoms with E-state index in [1.807, 2.05) is 19.3 Å². The molecule has 2 rings (SSSR count). The van der Waals surface area contributed by atoms with Crippen molar-refractivity contribution < 1.29 is 4.74 Å². The van der Waals surface area contributed by atoms with E-state index in [0.29, 0.717) is 12.0 Å². The normalized spacial score (nSPS) is 23.0. The Morgan fingerprint density at radius 1 is 1.56 bits per heavy atom. The number of nitrogens with zero attached hydrogens (tertiary/aromatic N) is 1. The number of nitrogens with one attached hydrogen (secondary N) is 1. The van der Waals surface area contributed by atoms with Gasteiger partial charge in [0, 0.05) is 30.5 Å². The lowest BCUT2D eigenvalue weighted by Gasteiger charge is -2.30. The van der Waals surface area contributed by atoms with Crippen molar-refractivity contribution in [2.75, 3.05) is 20.3 Å². The Morgan fingerprint density at radius 3 is 3.06 bits per heavy atom. The van der Waals surface area contributed by atoms with Gasteiger partial charge in [0.25, 0.3) is 0 Å². The second kappa shape index (κ2) is 5.41. The van der Waals surface area contributed by atoms with Crippen LogP contribution in [0, 0.1) is 12.8 Å². The zero-order valence-corrected chi connectivity index (χ0v) is 10.1. The predicted molar refractivity (Wildman–Crippen MR) is 64.3 cm³/mol. The Labute approximate surface area is 97.2 Å². The van der Waals surface area contributed by atoms with Gasteiger partial charge in [0.2, 0.25) is 0 Å². The van der Waals surface area contributed by atoms with Crippen molar-refractivity contribution in [2.45, 2.75) is 25.8 Å². The van der Waals surface area contributed by atoms with Crippen LogP contribution in [0.25, 0.3) is 0 Å². The minimum absolute atomic E-state index is 0.369. The number of aromatic nitrogens is 1. The van der Waals surface area contributed by atoms with Crippen LogP contribution >= 0.6 is 0 Å². The molecule has 1 aromatic rings. The number of ether oxygens (including phenoxy) is 1. The molecule has 0 bridgehead atoms. The van der Waals surface area contributed by atoms with Crippen LogP contribution in [-0.4, -0.2) is 25.2 Å². The Balaban J connectivity index is 2.18. The first-order chi connectivity index (χ1) is 7.83. The Morgan fingerprint density at radius 2 is 2.44 bits per heavy atom. The Bertz CT molecular complexity index is 334. The van der Waals surface area contributed by atoms with Crippen LogP contribution in [0.15, 0.2) is 18.3 Å². The summed E-state index contributed by atoms with van der Waals surface area (Å²) in [6, 6.07) is 4.54. The summed E-state index contributed by atoms with van der Waals surface area (Å²) in [6.07, 6.45) is 4.25. The molecule has 1 saturated heterocycles. The molecule has 0 aromatic carbocycles. The van der Waals surface area contributed by atoms with E-state index in [2.05, 4.69) is 23.3 Å². The highest BCUT2D eigenvalue weighted by atomic mass is 16.5. The van der Waals surface area contributed by atoms with Gasteiger partial charge in [0.1, 0.15) is 0 Å². The third-order valence-corrected chi connectivity index (χ3v) is 3.36. The van der Waals surface area contributed by atoms with E-state index in [1.54, 1.807) is 0 Å². The molecule has 1 aliphatic rings. The van der Waals surface area contributed by atoms with Crippen molar-refractivity contribution in [2.24, 2.45) is 5.92 Å². The highest BCUT2D eigenvalue weighted by Crippen LogP contribution is 2.29. The summed E-state index contributed by atoms with van der Waals surface area (Å²) in [5, 5.41) is 3.41. The monoisotopic (exact) mass is 220 g/mol. The van der Waals surface area contributed by atoms with Crippen LogP contribution in [0.3, 0.4) is 0 Å². The van der Waals surface area contributed by atoms with Crippen LogP contribution in [0.2, 0.25) is 0 Å². The zero-order valence-electron chi connectivity index (χ0n) is 10.1. The minimum Gasteiger partial charge on any atom is -0.381 e. The number of hydrogen-bond donors (Lipinski definition) is 1. The second-order valence-electron chi connectivity index (χ2n) is 4.42. The van der Waals surface area contributed by atoms with Crippen molar-refractivity contribution >= 4 is 0 Å².